The van der Waals surface area contributed by atoms with Crippen molar-refractivity contribution in [3.8, 4) is 0 Å². The zero-order chi connectivity index (χ0) is 8.69. The second-order valence-corrected chi connectivity index (χ2v) is 2.17. The molecule has 11 heavy (non-hydrogen) atoms. The van der Waals surface area contributed by atoms with Crippen molar-refractivity contribution in [1.29, 1.82) is 0 Å². The molecule has 1 atom stereocenters. The number of carbonyl (C=O) groups excluding carboxylic acids is 1. The van der Waals surface area contributed by atoms with Crippen LogP contribution in [-0.2, 0) is 9.53 Å². The third-order valence-corrected chi connectivity index (χ3v) is 1.07. The first-order valence-corrected chi connectivity index (χ1v) is 3.66. The Morgan fingerprint density at radius 1 is 1.36 bits per heavy atom. The van der Waals surface area contributed by atoms with Crippen molar-refractivity contribution in [2.75, 3.05) is 0 Å². The zero-order valence-electron chi connectivity index (χ0n) is 7.20. The van der Waals surface area contributed by atoms with E-state index in [4.69, 9.17) is 4.74 Å². The van der Waals surface area contributed by atoms with Crippen LogP contribution in [0, 0.1) is 0 Å². The molecule has 0 saturated heterocycles. The number of rotatable bonds is 3. The monoisotopic (exact) mass is 154 g/mol. The Morgan fingerprint density at radius 2 is 2.00 bits per heavy atom. The van der Waals surface area contributed by atoms with E-state index in [2.05, 4.69) is 0 Å². The molecule has 2 nitrogen and oxygen atoms in total. The first kappa shape index (κ1) is 9.95. The molecule has 2 heteroatoms. The molecule has 0 spiro atoms. The Bertz CT molecular complexity index is 168. The Kier molecular flexibility index (Phi) is 5.17. The molecule has 0 aliphatic carbocycles. The van der Waals surface area contributed by atoms with Gasteiger partial charge in [0.2, 0.25) is 0 Å². The van der Waals surface area contributed by atoms with Crippen LogP contribution < -0.4 is 0 Å². The van der Waals surface area contributed by atoms with Crippen LogP contribution in [0.5, 0.6) is 0 Å². The summed E-state index contributed by atoms with van der Waals surface area (Å²) < 4.78 is 4.92. The van der Waals surface area contributed by atoms with Gasteiger partial charge >= 0.3 is 5.97 Å². The quantitative estimate of drug-likeness (QED) is 0.353. The summed E-state index contributed by atoms with van der Waals surface area (Å²) >= 11 is 0. The van der Waals surface area contributed by atoms with E-state index < -0.39 is 0 Å². The van der Waals surface area contributed by atoms with Gasteiger partial charge in [-0.25, -0.2) is 4.79 Å². The lowest BCUT2D eigenvalue weighted by molar-refractivity contribution is -0.140. The van der Waals surface area contributed by atoms with E-state index >= 15 is 0 Å². The lowest BCUT2D eigenvalue weighted by atomic mass is 10.3. The minimum Gasteiger partial charge on any atom is -0.455 e. The summed E-state index contributed by atoms with van der Waals surface area (Å²) in [6.45, 7) is 5.49. The average Bonchev–Trinajstić information content (AvgIpc) is 1.87. The van der Waals surface area contributed by atoms with E-state index in [1.165, 1.54) is 6.08 Å². The summed E-state index contributed by atoms with van der Waals surface area (Å²) in [5.74, 6) is -0.293. The molecule has 0 rings (SSSR count). The van der Waals surface area contributed by atoms with E-state index in [9.17, 15) is 4.79 Å². The van der Waals surface area contributed by atoms with Crippen molar-refractivity contribution in [2.45, 2.75) is 26.9 Å². The number of carbonyl (C=O) groups is 1. The second-order valence-electron chi connectivity index (χ2n) is 2.17. The largest absolute Gasteiger partial charge is 0.455 e. The number of ether oxygens (including phenoxy) is 1. The molecule has 0 heterocycles. The van der Waals surface area contributed by atoms with E-state index in [1.807, 2.05) is 26.0 Å². The van der Waals surface area contributed by atoms with Crippen LogP contribution in [0.3, 0.4) is 0 Å². The number of esters is 1. The van der Waals surface area contributed by atoms with Crippen molar-refractivity contribution >= 4 is 5.97 Å². The topological polar surface area (TPSA) is 26.3 Å². The van der Waals surface area contributed by atoms with Gasteiger partial charge in [-0.15, -0.1) is 0 Å². The number of allylic oxidation sites excluding steroid dienone is 2. The highest BCUT2D eigenvalue weighted by Crippen LogP contribution is 1.94. The van der Waals surface area contributed by atoms with Gasteiger partial charge in [0.05, 0.1) is 0 Å². The Morgan fingerprint density at radius 3 is 2.45 bits per heavy atom. The van der Waals surface area contributed by atoms with Gasteiger partial charge in [0.25, 0.3) is 0 Å². The van der Waals surface area contributed by atoms with Crippen LogP contribution in [0.15, 0.2) is 24.3 Å². The normalized spacial score (nSPS) is 14.1. The highest BCUT2D eigenvalue weighted by molar-refractivity contribution is 5.82. The molecule has 1 unspecified atom stereocenters. The van der Waals surface area contributed by atoms with Crippen molar-refractivity contribution in [2.24, 2.45) is 0 Å². The van der Waals surface area contributed by atoms with Crippen LogP contribution in [0.4, 0.5) is 0 Å². The first-order valence-electron chi connectivity index (χ1n) is 3.66. The molecule has 0 aliphatic heterocycles. The molecule has 0 aliphatic rings. The summed E-state index contributed by atoms with van der Waals surface area (Å²) in [4.78, 5) is 10.8. The molecule has 0 aromatic carbocycles. The fourth-order valence-electron chi connectivity index (χ4n) is 0.669. The van der Waals surface area contributed by atoms with Crippen molar-refractivity contribution in [3.05, 3.63) is 24.3 Å². The van der Waals surface area contributed by atoms with Gasteiger partial charge in [0.1, 0.15) is 6.10 Å². The van der Waals surface area contributed by atoms with Gasteiger partial charge in [-0.2, -0.15) is 0 Å². The average molecular weight is 154 g/mol. The third kappa shape index (κ3) is 5.40. The predicted molar refractivity (Wildman–Crippen MR) is 45.2 cm³/mol. The number of hydrogen-bond acceptors (Lipinski definition) is 2. The van der Waals surface area contributed by atoms with Gasteiger partial charge in [0.15, 0.2) is 0 Å². The smallest absolute Gasteiger partial charge is 0.330 e. The zero-order valence-corrected chi connectivity index (χ0v) is 7.20. The minimum absolute atomic E-state index is 0.135. The van der Waals surface area contributed by atoms with Crippen LogP contribution in [0.2, 0.25) is 0 Å². The fourth-order valence-corrected chi connectivity index (χ4v) is 0.669. The molecular formula is C9H14O2. The maximum atomic E-state index is 10.8. The van der Waals surface area contributed by atoms with Crippen molar-refractivity contribution in [1.82, 2.24) is 0 Å². The fraction of sp³-hybridized carbons (Fsp3) is 0.444. The Labute approximate surface area is 67.6 Å². The van der Waals surface area contributed by atoms with Gasteiger partial charge in [-0.1, -0.05) is 12.2 Å². The maximum Gasteiger partial charge on any atom is 0.330 e. The molecule has 0 aromatic heterocycles. The third-order valence-electron chi connectivity index (χ3n) is 1.07. The van der Waals surface area contributed by atoms with Gasteiger partial charge in [-0.3, -0.25) is 0 Å². The molecule has 0 amide bonds. The number of hydrogen-bond donors (Lipinski definition) is 0. The standard InChI is InChI=1S/C9H14O2/c1-4-6-8(3)11-9(10)7-5-2/h4-8H,1-3H3/b6-4+,7-5+. The van der Waals surface area contributed by atoms with Crippen LogP contribution in [-0.4, -0.2) is 12.1 Å². The van der Waals surface area contributed by atoms with E-state index in [1.54, 1.807) is 13.0 Å². The lowest BCUT2D eigenvalue weighted by Gasteiger charge is -2.05. The van der Waals surface area contributed by atoms with E-state index in [0.717, 1.165) is 0 Å². The van der Waals surface area contributed by atoms with Crippen molar-refractivity contribution < 1.29 is 9.53 Å². The van der Waals surface area contributed by atoms with Crippen LogP contribution >= 0.6 is 0 Å². The molecule has 0 fully saturated rings. The van der Waals surface area contributed by atoms with E-state index in [0.29, 0.717) is 0 Å². The highest BCUT2D eigenvalue weighted by atomic mass is 16.5. The van der Waals surface area contributed by atoms with Crippen molar-refractivity contribution in [3.63, 3.8) is 0 Å². The SMILES string of the molecule is C/C=C/C(=O)OC(C)/C=C/C. The molecular weight excluding hydrogens is 140 g/mol. The maximum absolute atomic E-state index is 10.8. The molecule has 0 radical (unpaired) electrons. The lowest BCUT2D eigenvalue weighted by Crippen LogP contribution is -2.09. The summed E-state index contributed by atoms with van der Waals surface area (Å²) in [6.07, 6.45) is 6.60. The van der Waals surface area contributed by atoms with Crippen LogP contribution in [0.1, 0.15) is 20.8 Å². The first-order chi connectivity index (χ1) is 5.20. The summed E-state index contributed by atoms with van der Waals surface area (Å²) in [6, 6.07) is 0. The second kappa shape index (κ2) is 5.71. The molecule has 0 aromatic rings. The van der Waals surface area contributed by atoms with Gasteiger partial charge in [0, 0.05) is 6.08 Å². The molecule has 0 bridgehead atoms. The molecule has 0 N–H and O–H groups in total. The molecule has 62 valence electrons. The Hall–Kier alpha value is -1.05. The molecule has 0 saturated carbocycles. The van der Waals surface area contributed by atoms with Gasteiger partial charge in [-0.05, 0) is 26.8 Å². The highest BCUT2D eigenvalue weighted by Gasteiger charge is 2.00. The Balaban J connectivity index is 3.75. The van der Waals surface area contributed by atoms with E-state index in [-0.39, 0.29) is 12.1 Å². The minimum atomic E-state index is -0.293. The summed E-state index contributed by atoms with van der Waals surface area (Å²) in [7, 11) is 0. The van der Waals surface area contributed by atoms with Gasteiger partial charge < -0.3 is 4.74 Å². The summed E-state index contributed by atoms with van der Waals surface area (Å²) in [5.41, 5.74) is 0. The summed E-state index contributed by atoms with van der Waals surface area (Å²) in [5, 5.41) is 0. The van der Waals surface area contributed by atoms with Crippen LogP contribution in [0.25, 0.3) is 0 Å². The predicted octanol–water partition coefficient (Wildman–Crippen LogP) is 2.07.